The van der Waals surface area contributed by atoms with Crippen molar-refractivity contribution in [1.82, 2.24) is 4.98 Å². The lowest BCUT2D eigenvalue weighted by atomic mass is 10.1. The van der Waals surface area contributed by atoms with E-state index in [4.69, 9.17) is 0 Å². The van der Waals surface area contributed by atoms with Gasteiger partial charge >= 0.3 is 0 Å². The van der Waals surface area contributed by atoms with Crippen molar-refractivity contribution in [1.29, 1.82) is 0 Å². The summed E-state index contributed by atoms with van der Waals surface area (Å²) in [6.07, 6.45) is 3.19. The lowest BCUT2D eigenvalue weighted by Crippen LogP contribution is -2.05. The molecule has 0 unspecified atom stereocenters. The molecule has 0 saturated heterocycles. The largest absolute Gasteiger partial charge is 0.508 e. The maximum absolute atomic E-state index is 12.4. The molecule has 2 aromatic carbocycles. The molecule has 1 aliphatic heterocycles. The van der Waals surface area contributed by atoms with Crippen molar-refractivity contribution in [2.45, 2.75) is 0 Å². The van der Waals surface area contributed by atoms with Crippen molar-refractivity contribution in [2.24, 2.45) is 0 Å². The molecule has 5 nitrogen and oxygen atoms in total. The number of anilines is 1. The van der Waals surface area contributed by atoms with Gasteiger partial charge in [0.15, 0.2) is 0 Å². The molecule has 0 fully saturated rings. The van der Waals surface area contributed by atoms with Gasteiger partial charge in [-0.1, -0.05) is 24.3 Å². The van der Waals surface area contributed by atoms with Crippen molar-refractivity contribution >= 4 is 37.6 Å². The van der Waals surface area contributed by atoms with Crippen molar-refractivity contribution in [3.05, 3.63) is 65.9 Å². The van der Waals surface area contributed by atoms with Gasteiger partial charge in [-0.3, -0.25) is 9.71 Å². The van der Waals surface area contributed by atoms with Crippen molar-refractivity contribution < 1.29 is 13.5 Å². The van der Waals surface area contributed by atoms with Crippen LogP contribution in [-0.4, -0.2) is 18.5 Å². The number of hydrogen-bond donors (Lipinski definition) is 2. The number of sulfonamides is 1. The van der Waals surface area contributed by atoms with Crippen LogP contribution in [0.15, 0.2) is 54.7 Å². The summed E-state index contributed by atoms with van der Waals surface area (Å²) in [6, 6.07) is 13.7. The number of benzene rings is 2. The molecule has 4 rings (SSSR count). The number of aromatic nitrogens is 1. The molecule has 1 aliphatic rings. The maximum atomic E-state index is 12.4. The van der Waals surface area contributed by atoms with E-state index in [1.807, 2.05) is 6.07 Å². The van der Waals surface area contributed by atoms with Crippen LogP contribution in [0.25, 0.3) is 21.9 Å². The molecule has 0 aliphatic carbocycles. The molecule has 0 atom stereocenters. The molecule has 114 valence electrons. The van der Waals surface area contributed by atoms with E-state index < -0.39 is 10.0 Å². The van der Waals surface area contributed by atoms with Crippen LogP contribution in [0.2, 0.25) is 0 Å². The van der Waals surface area contributed by atoms with Crippen LogP contribution in [-0.2, 0) is 10.0 Å². The third kappa shape index (κ3) is 2.24. The molecular weight excluding hydrogens is 312 g/mol. The van der Waals surface area contributed by atoms with E-state index in [2.05, 4.69) is 9.71 Å². The Balaban J connectivity index is 2.01. The number of phenolic OH excluding ortho intramolecular Hbond substituents is 1. The van der Waals surface area contributed by atoms with Crippen LogP contribution >= 0.6 is 0 Å². The fourth-order valence-corrected chi connectivity index (χ4v) is 4.07. The van der Waals surface area contributed by atoms with Gasteiger partial charge in [-0.05, 0) is 29.8 Å². The number of fused-ring (bicyclic) bond motifs is 2. The summed E-state index contributed by atoms with van der Waals surface area (Å²) < 4.78 is 27.3. The van der Waals surface area contributed by atoms with Gasteiger partial charge in [-0.2, -0.15) is 0 Å². The van der Waals surface area contributed by atoms with E-state index in [-0.39, 0.29) is 10.7 Å². The van der Waals surface area contributed by atoms with Crippen LogP contribution in [0.5, 0.6) is 5.75 Å². The first-order valence-electron chi connectivity index (χ1n) is 6.96. The number of aromatic hydroxyl groups is 1. The predicted octanol–water partition coefficient (Wildman–Crippen LogP) is 3.19. The maximum Gasteiger partial charge on any atom is 0.262 e. The van der Waals surface area contributed by atoms with Crippen LogP contribution in [0.4, 0.5) is 5.69 Å². The highest BCUT2D eigenvalue weighted by Crippen LogP contribution is 2.38. The Morgan fingerprint density at radius 2 is 1.91 bits per heavy atom. The summed E-state index contributed by atoms with van der Waals surface area (Å²) >= 11 is 0. The number of hydrogen-bond acceptors (Lipinski definition) is 4. The van der Waals surface area contributed by atoms with Crippen molar-refractivity contribution in [3.63, 3.8) is 0 Å². The molecule has 0 spiro atoms. The van der Waals surface area contributed by atoms with Gasteiger partial charge in [-0.25, -0.2) is 8.42 Å². The normalized spacial score (nSPS) is 17.1. The summed E-state index contributed by atoms with van der Waals surface area (Å²) in [5, 5.41) is 10.7. The third-order valence-electron chi connectivity index (χ3n) is 3.75. The van der Waals surface area contributed by atoms with Gasteiger partial charge in [0, 0.05) is 23.2 Å². The van der Waals surface area contributed by atoms with Crippen LogP contribution in [0, 0.1) is 0 Å². The zero-order chi connectivity index (χ0) is 16.0. The van der Waals surface area contributed by atoms with Crippen LogP contribution < -0.4 is 4.72 Å². The molecular formula is C17H12N2O3S. The topological polar surface area (TPSA) is 79.3 Å². The molecule has 2 N–H and O–H groups in total. The Kier molecular flexibility index (Phi) is 2.89. The molecule has 0 amide bonds. The average molecular weight is 324 g/mol. The van der Waals surface area contributed by atoms with Gasteiger partial charge in [0.2, 0.25) is 0 Å². The molecule has 0 saturated carbocycles. The number of nitrogens with one attached hydrogen (secondary N) is 1. The van der Waals surface area contributed by atoms with E-state index in [9.17, 15) is 13.5 Å². The lowest BCUT2D eigenvalue weighted by Gasteiger charge is -2.05. The van der Waals surface area contributed by atoms with E-state index in [0.717, 1.165) is 5.39 Å². The van der Waals surface area contributed by atoms with Crippen molar-refractivity contribution in [2.75, 3.05) is 4.72 Å². The molecule has 3 aromatic rings. The molecule has 0 radical (unpaired) electrons. The van der Waals surface area contributed by atoms with E-state index in [1.54, 1.807) is 48.7 Å². The van der Waals surface area contributed by atoms with Gasteiger partial charge in [-0.15, -0.1) is 0 Å². The summed E-state index contributed by atoms with van der Waals surface area (Å²) in [4.78, 5) is 4.39. The van der Waals surface area contributed by atoms with Crippen LogP contribution in [0.1, 0.15) is 11.1 Å². The minimum absolute atomic E-state index is 0.0414. The molecule has 6 heteroatoms. The molecule has 0 bridgehead atoms. The number of phenols is 1. The number of para-hydroxylation sites is 1. The predicted molar refractivity (Wildman–Crippen MR) is 90.3 cm³/mol. The Morgan fingerprint density at radius 3 is 2.78 bits per heavy atom. The van der Waals surface area contributed by atoms with Crippen LogP contribution in [0.3, 0.4) is 0 Å². The fraction of sp³-hybridized carbons (Fsp3) is 0. The van der Waals surface area contributed by atoms with Gasteiger partial charge in [0.1, 0.15) is 5.75 Å². The molecule has 23 heavy (non-hydrogen) atoms. The minimum Gasteiger partial charge on any atom is -0.508 e. The molecule has 1 aromatic heterocycles. The summed E-state index contributed by atoms with van der Waals surface area (Å²) in [5.74, 6) is 0.0414. The standard InChI is InChI=1S/C17H12N2O3S/c20-12-8-11(13-5-3-7-18-16(13)10-12)9-17-14-4-1-2-6-15(14)19-23(17,21)22/h1-10,19-20H. The van der Waals surface area contributed by atoms with Gasteiger partial charge < -0.3 is 5.11 Å². The first-order valence-corrected chi connectivity index (χ1v) is 8.44. The number of pyridine rings is 1. The Hall–Kier alpha value is -2.86. The third-order valence-corrected chi connectivity index (χ3v) is 5.16. The Labute approximate surface area is 133 Å². The van der Waals surface area contributed by atoms with E-state index in [0.29, 0.717) is 22.3 Å². The second-order valence-corrected chi connectivity index (χ2v) is 6.92. The number of nitrogens with zero attached hydrogens (tertiary/aromatic N) is 1. The second-order valence-electron chi connectivity index (χ2n) is 5.26. The SMILES string of the molecule is O=S1(=O)Nc2ccccc2C1=Cc1cc(O)cc2ncccc12. The summed E-state index contributed by atoms with van der Waals surface area (Å²) in [7, 11) is -3.62. The summed E-state index contributed by atoms with van der Waals surface area (Å²) in [5.41, 5.74) is 2.38. The van der Waals surface area contributed by atoms with E-state index >= 15 is 0 Å². The Bertz CT molecular complexity index is 1070. The summed E-state index contributed by atoms with van der Waals surface area (Å²) in [6.45, 7) is 0. The smallest absolute Gasteiger partial charge is 0.262 e. The first kappa shape index (κ1) is 13.8. The average Bonchev–Trinajstić information content (AvgIpc) is 2.77. The van der Waals surface area contributed by atoms with E-state index in [1.165, 1.54) is 6.07 Å². The molecule has 2 heterocycles. The van der Waals surface area contributed by atoms with Gasteiger partial charge in [0.25, 0.3) is 10.0 Å². The zero-order valence-corrected chi connectivity index (χ0v) is 12.7. The monoisotopic (exact) mass is 324 g/mol. The minimum atomic E-state index is -3.62. The Morgan fingerprint density at radius 1 is 1.09 bits per heavy atom. The first-order chi connectivity index (χ1) is 11.0. The van der Waals surface area contributed by atoms with Crippen molar-refractivity contribution in [3.8, 4) is 5.75 Å². The fourth-order valence-electron chi connectivity index (χ4n) is 2.74. The second kappa shape index (κ2) is 4.82. The zero-order valence-electron chi connectivity index (χ0n) is 11.9. The highest BCUT2D eigenvalue weighted by Gasteiger charge is 2.29. The quantitative estimate of drug-likeness (QED) is 0.720. The lowest BCUT2D eigenvalue weighted by molar-refractivity contribution is 0.476. The van der Waals surface area contributed by atoms with Gasteiger partial charge in [0.05, 0.1) is 16.1 Å². The number of rotatable bonds is 1. The highest BCUT2D eigenvalue weighted by atomic mass is 32.2. The highest BCUT2D eigenvalue weighted by molar-refractivity contribution is 8.02.